The number of hydrogen-bond acceptors (Lipinski definition) is 4. The number of nitrogens with one attached hydrogen (secondary N) is 2. The third-order valence-electron chi connectivity index (χ3n) is 2.84. The molecule has 1 amide bonds. The van der Waals surface area contributed by atoms with Gasteiger partial charge in [0.25, 0.3) is 5.76 Å². The van der Waals surface area contributed by atoms with Crippen LogP contribution in [0.4, 0.5) is 14.5 Å². The van der Waals surface area contributed by atoms with Gasteiger partial charge in [-0.15, -0.1) is 0 Å². The molecule has 128 valence electrons. The first-order valence-electron chi connectivity index (χ1n) is 6.76. The normalized spacial score (nSPS) is 11.5. The molecule has 0 heterocycles. The van der Waals surface area contributed by atoms with Crippen molar-refractivity contribution in [3.63, 3.8) is 0 Å². The Balaban J connectivity index is 1.89. The maximum atomic E-state index is 12.2. The lowest BCUT2D eigenvalue weighted by molar-refractivity contribution is -0.115. The van der Waals surface area contributed by atoms with E-state index in [2.05, 4.69) is 10.0 Å². The number of benzene rings is 2. The molecule has 2 rings (SSSR count). The zero-order valence-electron chi connectivity index (χ0n) is 12.3. The lowest BCUT2D eigenvalue weighted by Crippen LogP contribution is -2.32. The zero-order chi connectivity index (χ0) is 17.6. The van der Waals surface area contributed by atoms with Crippen LogP contribution in [0.25, 0.3) is 0 Å². The molecule has 0 aliphatic rings. The Labute approximate surface area is 142 Å². The maximum Gasteiger partial charge on any atom is 0.288 e. The molecule has 0 bridgehead atoms. The second-order valence-electron chi connectivity index (χ2n) is 4.59. The second kappa shape index (κ2) is 8.22. The van der Waals surface area contributed by atoms with Crippen molar-refractivity contribution in [2.45, 2.75) is 15.5 Å². The smallest absolute Gasteiger partial charge is 0.288 e. The summed E-state index contributed by atoms with van der Waals surface area (Å²) >= 11 is 0.400. The Kier molecular flexibility index (Phi) is 6.29. The molecule has 0 aliphatic heterocycles. The van der Waals surface area contributed by atoms with Gasteiger partial charge in [-0.3, -0.25) is 4.79 Å². The molecule has 2 N–H and O–H groups in total. The molecule has 0 saturated carbocycles. The zero-order valence-corrected chi connectivity index (χ0v) is 13.9. The van der Waals surface area contributed by atoms with Gasteiger partial charge in [0.1, 0.15) is 0 Å². The van der Waals surface area contributed by atoms with Gasteiger partial charge in [0.15, 0.2) is 0 Å². The first kappa shape index (κ1) is 18.4. The molecule has 2 aromatic carbocycles. The average molecular weight is 372 g/mol. The summed E-state index contributed by atoms with van der Waals surface area (Å²) in [4.78, 5) is 12.2. The molecule has 2 aromatic rings. The standard InChI is InChI=1S/C15H14F2N2O3S2/c16-15(17)23-12-8-6-11(7-9-12)19-14(20)10-18-24(21,22)13-4-2-1-3-5-13/h1-9,15,18H,10H2,(H,19,20). The minimum absolute atomic E-state index is 0.0613. The Hall–Kier alpha value is -1.97. The predicted molar refractivity (Wildman–Crippen MR) is 88.6 cm³/mol. The molecule has 0 saturated heterocycles. The molecular weight excluding hydrogens is 358 g/mol. The van der Waals surface area contributed by atoms with Crippen molar-refractivity contribution in [1.29, 1.82) is 0 Å². The van der Waals surface area contributed by atoms with E-state index in [4.69, 9.17) is 0 Å². The van der Waals surface area contributed by atoms with E-state index in [1.54, 1.807) is 18.2 Å². The van der Waals surface area contributed by atoms with Crippen LogP contribution in [0, 0.1) is 0 Å². The summed E-state index contributed by atoms with van der Waals surface area (Å²) in [6.45, 7) is -0.440. The molecular formula is C15H14F2N2O3S2. The fraction of sp³-hybridized carbons (Fsp3) is 0.133. The summed E-state index contributed by atoms with van der Waals surface area (Å²) in [5.74, 6) is -3.08. The van der Waals surface area contributed by atoms with Crippen molar-refractivity contribution in [2.24, 2.45) is 0 Å². The summed E-state index contributed by atoms with van der Waals surface area (Å²) in [6.07, 6.45) is 0. The lowest BCUT2D eigenvalue weighted by atomic mass is 10.3. The molecule has 0 unspecified atom stereocenters. The molecule has 24 heavy (non-hydrogen) atoms. The van der Waals surface area contributed by atoms with Gasteiger partial charge in [-0.2, -0.15) is 8.78 Å². The summed E-state index contributed by atoms with van der Waals surface area (Å²) < 4.78 is 50.6. The molecule has 9 heteroatoms. The number of thioether (sulfide) groups is 1. The minimum atomic E-state index is -3.77. The van der Waals surface area contributed by atoms with Crippen molar-refractivity contribution in [3.05, 3.63) is 54.6 Å². The minimum Gasteiger partial charge on any atom is -0.325 e. The van der Waals surface area contributed by atoms with Crippen molar-refractivity contribution in [1.82, 2.24) is 4.72 Å². The van der Waals surface area contributed by atoms with E-state index in [0.717, 1.165) is 0 Å². The third kappa shape index (κ3) is 5.59. The fourth-order valence-corrected chi connectivity index (χ4v) is 3.27. The van der Waals surface area contributed by atoms with Gasteiger partial charge >= 0.3 is 0 Å². The molecule has 0 aliphatic carbocycles. The van der Waals surface area contributed by atoms with Crippen LogP contribution in [0.1, 0.15) is 0 Å². The highest BCUT2D eigenvalue weighted by molar-refractivity contribution is 7.99. The predicted octanol–water partition coefficient (Wildman–Crippen LogP) is 2.92. The molecule has 0 aromatic heterocycles. The summed E-state index contributed by atoms with van der Waals surface area (Å²) in [5.41, 5.74) is 0.387. The van der Waals surface area contributed by atoms with E-state index >= 15 is 0 Å². The molecule has 5 nitrogen and oxygen atoms in total. The quantitative estimate of drug-likeness (QED) is 0.733. The van der Waals surface area contributed by atoms with Crippen LogP contribution < -0.4 is 10.0 Å². The Bertz CT molecular complexity index is 782. The molecule has 0 fully saturated rings. The van der Waals surface area contributed by atoms with Gasteiger partial charge in [-0.25, -0.2) is 13.1 Å². The van der Waals surface area contributed by atoms with Gasteiger partial charge < -0.3 is 5.32 Å². The van der Waals surface area contributed by atoms with E-state index < -0.39 is 28.2 Å². The summed E-state index contributed by atoms with van der Waals surface area (Å²) in [7, 11) is -3.77. The first-order chi connectivity index (χ1) is 11.4. The number of amides is 1. The van der Waals surface area contributed by atoms with Crippen molar-refractivity contribution < 1.29 is 22.0 Å². The summed E-state index contributed by atoms with van der Waals surface area (Å²) in [6, 6.07) is 13.5. The Morgan fingerprint density at radius 2 is 1.67 bits per heavy atom. The Morgan fingerprint density at radius 3 is 2.25 bits per heavy atom. The fourth-order valence-electron chi connectivity index (χ4n) is 1.77. The highest BCUT2D eigenvalue weighted by Gasteiger charge is 2.15. The number of rotatable bonds is 7. The molecule has 0 radical (unpaired) electrons. The van der Waals surface area contributed by atoms with Crippen LogP contribution in [-0.4, -0.2) is 26.6 Å². The van der Waals surface area contributed by atoms with Gasteiger partial charge in [0, 0.05) is 10.6 Å². The second-order valence-corrected chi connectivity index (χ2v) is 7.42. The number of sulfonamides is 1. The average Bonchev–Trinajstić information content (AvgIpc) is 2.55. The number of carbonyl (C=O) groups excluding carboxylic acids is 1. The third-order valence-corrected chi connectivity index (χ3v) is 4.98. The number of carbonyl (C=O) groups is 1. The van der Waals surface area contributed by atoms with Crippen LogP contribution in [-0.2, 0) is 14.8 Å². The first-order valence-corrected chi connectivity index (χ1v) is 9.12. The SMILES string of the molecule is O=C(CNS(=O)(=O)c1ccccc1)Nc1ccc(SC(F)F)cc1. The van der Waals surface area contributed by atoms with E-state index in [1.807, 2.05) is 0 Å². The number of halogens is 2. The highest BCUT2D eigenvalue weighted by Crippen LogP contribution is 2.26. The van der Waals surface area contributed by atoms with Crippen LogP contribution in [0.15, 0.2) is 64.4 Å². The van der Waals surface area contributed by atoms with E-state index in [9.17, 15) is 22.0 Å². The largest absolute Gasteiger partial charge is 0.325 e. The van der Waals surface area contributed by atoms with E-state index in [-0.39, 0.29) is 4.90 Å². The van der Waals surface area contributed by atoms with Crippen LogP contribution >= 0.6 is 11.8 Å². The van der Waals surface area contributed by atoms with Crippen molar-refractivity contribution in [3.8, 4) is 0 Å². The number of anilines is 1. The maximum absolute atomic E-state index is 12.2. The molecule has 0 atom stereocenters. The highest BCUT2D eigenvalue weighted by atomic mass is 32.2. The molecule has 0 spiro atoms. The Morgan fingerprint density at radius 1 is 1.04 bits per heavy atom. The van der Waals surface area contributed by atoms with Gasteiger partial charge in [0.2, 0.25) is 15.9 Å². The van der Waals surface area contributed by atoms with Crippen molar-refractivity contribution >= 4 is 33.4 Å². The number of alkyl halides is 2. The van der Waals surface area contributed by atoms with Gasteiger partial charge in [0.05, 0.1) is 11.4 Å². The lowest BCUT2D eigenvalue weighted by Gasteiger charge is -2.08. The monoisotopic (exact) mass is 372 g/mol. The van der Waals surface area contributed by atoms with Crippen molar-refractivity contribution in [2.75, 3.05) is 11.9 Å². The topological polar surface area (TPSA) is 75.3 Å². The van der Waals surface area contributed by atoms with E-state index in [0.29, 0.717) is 22.3 Å². The van der Waals surface area contributed by atoms with E-state index in [1.165, 1.54) is 36.4 Å². The number of hydrogen-bond donors (Lipinski definition) is 2. The van der Waals surface area contributed by atoms with Crippen LogP contribution in [0.2, 0.25) is 0 Å². The van der Waals surface area contributed by atoms with Crippen LogP contribution in [0.3, 0.4) is 0 Å². The van der Waals surface area contributed by atoms with Gasteiger partial charge in [-0.1, -0.05) is 30.0 Å². The van der Waals surface area contributed by atoms with Gasteiger partial charge in [-0.05, 0) is 36.4 Å². The van der Waals surface area contributed by atoms with Crippen LogP contribution in [0.5, 0.6) is 0 Å². The summed E-state index contributed by atoms with van der Waals surface area (Å²) in [5, 5.41) is 2.48.